The van der Waals surface area contributed by atoms with E-state index in [1.165, 1.54) is 58.4 Å². The molecule has 0 aromatic rings. The second-order valence-corrected chi connectivity index (χ2v) is 6.32. The highest BCUT2D eigenvalue weighted by atomic mass is 15.2. The van der Waals surface area contributed by atoms with E-state index in [0.717, 1.165) is 17.9 Å². The lowest BCUT2D eigenvalue weighted by Crippen LogP contribution is -2.51. The van der Waals surface area contributed by atoms with Gasteiger partial charge in [-0.3, -0.25) is 4.90 Å². The maximum absolute atomic E-state index is 6.27. The average Bonchev–Trinajstić information content (AvgIpc) is 2.82. The molecule has 2 bridgehead atoms. The molecular weight excluding hydrogens is 210 g/mol. The minimum Gasteiger partial charge on any atom is -0.327 e. The molecule has 2 N–H and O–H groups in total. The maximum Gasteiger partial charge on any atom is 0.0223 e. The van der Waals surface area contributed by atoms with Crippen LogP contribution in [0.5, 0.6) is 0 Å². The Kier molecular flexibility index (Phi) is 3.42. The van der Waals surface area contributed by atoms with Gasteiger partial charge in [-0.1, -0.05) is 6.92 Å². The average molecular weight is 237 g/mol. The number of rotatable bonds is 3. The van der Waals surface area contributed by atoms with Crippen molar-refractivity contribution in [3.8, 4) is 0 Å². The summed E-state index contributed by atoms with van der Waals surface area (Å²) in [6, 6.07) is 1.34. The Bertz CT molecular complexity index is 254. The van der Waals surface area contributed by atoms with Crippen molar-refractivity contribution >= 4 is 0 Å². The predicted molar refractivity (Wildman–Crippen MR) is 70.9 cm³/mol. The molecule has 2 saturated heterocycles. The summed E-state index contributed by atoms with van der Waals surface area (Å²) in [6.45, 7) is 8.69. The van der Waals surface area contributed by atoms with Gasteiger partial charge in [0, 0.05) is 31.7 Å². The highest BCUT2D eigenvalue weighted by molar-refractivity contribution is 4.96. The number of piperidine rings is 1. The van der Waals surface area contributed by atoms with E-state index in [1.54, 1.807) is 0 Å². The molecule has 4 atom stereocenters. The zero-order chi connectivity index (χ0) is 11.8. The lowest BCUT2D eigenvalue weighted by Gasteiger charge is -2.38. The summed E-state index contributed by atoms with van der Waals surface area (Å²) < 4.78 is 0. The Hall–Kier alpha value is -0.120. The van der Waals surface area contributed by atoms with Crippen LogP contribution in [0.4, 0.5) is 0 Å². The van der Waals surface area contributed by atoms with Crippen molar-refractivity contribution in [2.24, 2.45) is 17.6 Å². The maximum atomic E-state index is 6.27. The number of nitrogens with two attached hydrogens (primary N) is 1. The van der Waals surface area contributed by atoms with E-state index < -0.39 is 0 Å². The molecule has 2 unspecified atom stereocenters. The molecular formula is C14H27N3. The van der Waals surface area contributed by atoms with Crippen LogP contribution in [0.3, 0.4) is 0 Å². The van der Waals surface area contributed by atoms with Crippen LogP contribution < -0.4 is 5.73 Å². The predicted octanol–water partition coefficient (Wildman–Crippen LogP) is 1.14. The van der Waals surface area contributed by atoms with Crippen molar-refractivity contribution in [3.05, 3.63) is 0 Å². The zero-order valence-electron chi connectivity index (χ0n) is 11.1. The molecule has 98 valence electrons. The normalized spacial score (nSPS) is 43.4. The second-order valence-electron chi connectivity index (χ2n) is 6.32. The van der Waals surface area contributed by atoms with E-state index in [1.807, 2.05) is 0 Å². The summed E-state index contributed by atoms with van der Waals surface area (Å²) in [5.74, 6) is 1.59. The van der Waals surface area contributed by atoms with Crippen molar-refractivity contribution in [1.82, 2.24) is 9.80 Å². The van der Waals surface area contributed by atoms with E-state index >= 15 is 0 Å². The van der Waals surface area contributed by atoms with Crippen LogP contribution in [0.25, 0.3) is 0 Å². The molecule has 1 aliphatic carbocycles. The summed E-state index contributed by atoms with van der Waals surface area (Å²) in [5.41, 5.74) is 6.27. The van der Waals surface area contributed by atoms with Crippen molar-refractivity contribution in [3.63, 3.8) is 0 Å². The van der Waals surface area contributed by atoms with Crippen LogP contribution in [0.1, 0.15) is 32.6 Å². The fourth-order valence-corrected chi connectivity index (χ4v) is 4.33. The van der Waals surface area contributed by atoms with Gasteiger partial charge >= 0.3 is 0 Å². The van der Waals surface area contributed by atoms with E-state index in [9.17, 15) is 0 Å². The van der Waals surface area contributed by atoms with Crippen LogP contribution in [-0.4, -0.2) is 54.6 Å². The molecule has 17 heavy (non-hydrogen) atoms. The van der Waals surface area contributed by atoms with Gasteiger partial charge in [0.15, 0.2) is 0 Å². The molecule has 0 aromatic heterocycles. The molecule has 0 spiro atoms. The van der Waals surface area contributed by atoms with Gasteiger partial charge < -0.3 is 10.6 Å². The monoisotopic (exact) mass is 237 g/mol. The Morgan fingerprint density at radius 3 is 2.47 bits per heavy atom. The van der Waals surface area contributed by atoms with Gasteiger partial charge in [0.25, 0.3) is 0 Å². The highest BCUT2D eigenvalue weighted by Gasteiger charge is 2.40. The van der Waals surface area contributed by atoms with Crippen LogP contribution in [0, 0.1) is 11.8 Å². The van der Waals surface area contributed by atoms with Gasteiger partial charge in [-0.25, -0.2) is 0 Å². The van der Waals surface area contributed by atoms with E-state index in [2.05, 4.69) is 16.7 Å². The molecule has 3 nitrogen and oxygen atoms in total. The summed E-state index contributed by atoms with van der Waals surface area (Å²) in [7, 11) is 0. The van der Waals surface area contributed by atoms with Crippen molar-refractivity contribution < 1.29 is 0 Å². The van der Waals surface area contributed by atoms with Crippen LogP contribution >= 0.6 is 0 Å². The van der Waals surface area contributed by atoms with E-state index in [0.29, 0.717) is 6.04 Å². The topological polar surface area (TPSA) is 32.5 Å². The first-order valence-electron chi connectivity index (χ1n) is 7.50. The second kappa shape index (κ2) is 4.87. The third-order valence-corrected chi connectivity index (χ3v) is 5.36. The van der Waals surface area contributed by atoms with Crippen LogP contribution in [-0.2, 0) is 0 Å². The fraction of sp³-hybridized carbons (Fsp3) is 1.00. The summed E-state index contributed by atoms with van der Waals surface area (Å²) in [5, 5.41) is 0. The largest absolute Gasteiger partial charge is 0.327 e. The Labute approximate surface area is 105 Å². The molecule has 3 aliphatic rings. The molecule has 3 rings (SSSR count). The lowest BCUT2D eigenvalue weighted by molar-refractivity contribution is 0.111. The van der Waals surface area contributed by atoms with Crippen molar-refractivity contribution in [1.29, 1.82) is 0 Å². The lowest BCUT2D eigenvalue weighted by atomic mass is 9.93. The van der Waals surface area contributed by atoms with E-state index in [-0.39, 0.29) is 0 Å². The summed E-state index contributed by atoms with van der Waals surface area (Å²) in [6.07, 6.45) is 5.57. The fourth-order valence-electron chi connectivity index (χ4n) is 4.33. The standard InChI is InChI=1S/C14H27N3/c1-2-17-7-3-4-13(17)10-16-8-11-5-6-12(9-16)14(11)15/h11-14H,2-10,15H2,1H3/t11-,12+,13?,14?. The van der Waals surface area contributed by atoms with Crippen molar-refractivity contribution in [2.75, 3.05) is 32.7 Å². The minimum absolute atomic E-state index is 0.511. The zero-order valence-corrected chi connectivity index (χ0v) is 11.1. The van der Waals surface area contributed by atoms with Gasteiger partial charge in [-0.05, 0) is 50.6 Å². The molecule has 0 aromatic carbocycles. The molecule has 0 amide bonds. The first kappa shape index (κ1) is 11.9. The van der Waals surface area contributed by atoms with Gasteiger partial charge in [0.2, 0.25) is 0 Å². The number of fused-ring (bicyclic) bond motifs is 2. The first-order chi connectivity index (χ1) is 8.28. The molecule has 2 aliphatic heterocycles. The number of nitrogens with zero attached hydrogens (tertiary/aromatic N) is 2. The summed E-state index contributed by atoms with van der Waals surface area (Å²) >= 11 is 0. The third-order valence-electron chi connectivity index (χ3n) is 5.36. The molecule has 0 radical (unpaired) electrons. The SMILES string of the molecule is CCN1CCCC1CN1C[C@H]2CC[C@@H](C1)C2N. The number of likely N-dealkylation sites (N-methyl/N-ethyl adjacent to an activating group) is 1. The van der Waals surface area contributed by atoms with Crippen molar-refractivity contribution in [2.45, 2.75) is 44.7 Å². The number of hydrogen-bond acceptors (Lipinski definition) is 3. The van der Waals surface area contributed by atoms with E-state index in [4.69, 9.17) is 5.73 Å². The van der Waals surface area contributed by atoms with Crippen LogP contribution in [0.2, 0.25) is 0 Å². The van der Waals surface area contributed by atoms with Gasteiger partial charge in [-0.2, -0.15) is 0 Å². The minimum atomic E-state index is 0.511. The smallest absolute Gasteiger partial charge is 0.0223 e. The molecule has 3 fully saturated rings. The van der Waals surface area contributed by atoms with Gasteiger partial charge in [0.1, 0.15) is 0 Å². The quantitative estimate of drug-likeness (QED) is 0.799. The molecule has 1 saturated carbocycles. The Balaban J connectivity index is 1.56. The summed E-state index contributed by atoms with van der Waals surface area (Å²) in [4.78, 5) is 5.38. The first-order valence-corrected chi connectivity index (χ1v) is 7.50. The molecule has 3 heteroatoms. The number of hydrogen-bond donors (Lipinski definition) is 1. The highest BCUT2D eigenvalue weighted by Crippen LogP contribution is 2.36. The van der Waals surface area contributed by atoms with Crippen LogP contribution in [0.15, 0.2) is 0 Å². The molecule has 2 heterocycles. The number of likely N-dealkylation sites (tertiary alicyclic amines) is 2. The third kappa shape index (κ3) is 2.25. The Morgan fingerprint density at radius 2 is 1.82 bits per heavy atom. The van der Waals surface area contributed by atoms with Gasteiger partial charge in [-0.15, -0.1) is 0 Å². The van der Waals surface area contributed by atoms with Gasteiger partial charge in [0.05, 0.1) is 0 Å². The Morgan fingerprint density at radius 1 is 1.12 bits per heavy atom.